The van der Waals surface area contributed by atoms with E-state index in [0.29, 0.717) is 16.5 Å². The fourth-order valence-electron chi connectivity index (χ4n) is 1.76. The van der Waals surface area contributed by atoms with E-state index in [1.165, 1.54) is 0 Å². The number of anilines is 2. The quantitative estimate of drug-likeness (QED) is 0.765. The van der Waals surface area contributed by atoms with Gasteiger partial charge in [-0.2, -0.15) is 5.26 Å². The Kier molecular flexibility index (Phi) is 4.31. The van der Waals surface area contributed by atoms with Gasteiger partial charge in [-0.05, 0) is 42.0 Å². The molecular formula is C15H12Cl2N2. The standard InChI is InChI=1S/C15H12Cl2N2/c1-19(13-5-2-11(10-18)3-6-13)14-7-4-12(9-16)15(17)8-14/h2-8H,9H2,1H3. The van der Waals surface area contributed by atoms with E-state index in [9.17, 15) is 0 Å². The van der Waals surface area contributed by atoms with E-state index in [0.717, 1.165) is 16.9 Å². The van der Waals surface area contributed by atoms with E-state index in [-0.39, 0.29) is 0 Å². The Labute approximate surface area is 122 Å². The van der Waals surface area contributed by atoms with Crippen molar-refractivity contribution in [1.82, 2.24) is 0 Å². The molecule has 0 fully saturated rings. The van der Waals surface area contributed by atoms with Gasteiger partial charge in [-0.15, -0.1) is 11.6 Å². The topological polar surface area (TPSA) is 27.0 Å². The maximum Gasteiger partial charge on any atom is 0.0991 e. The molecule has 0 atom stereocenters. The van der Waals surface area contributed by atoms with E-state index in [1.807, 2.05) is 42.3 Å². The van der Waals surface area contributed by atoms with E-state index in [4.69, 9.17) is 28.5 Å². The molecule has 19 heavy (non-hydrogen) atoms. The predicted octanol–water partition coefficient (Wildman–Crippen LogP) is 4.72. The lowest BCUT2D eigenvalue weighted by Gasteiger charge is -2.20. The van der Waals surface area contributed by atoms with E-state index in [2.05, 4.69) is 6.07 Å². The van der Waals surface area contributed by atoms with Crippen molar-refractivity contribution >= 4 is 34.6 Å². The summed E-state index contributed by atoms with van der Waals surface area (Å²) >= 11 is 11.9. The maximum atomic E-state index is 8.78. The molecule has 4 heteroatoms. The number of nitrogens with zero attached hydrogens (tertiary/aromatic N) is 2. The third kappa shape index (κ3) is 3.01. The summed E-state index contributed by atoms with van der Waals surface area (Å²) in [4.78, 5) is 2.01. The summed E-state index contributed by atoms with van der Waals surface area (Å²) in [6, 6.07) is 15.3. The highest BCUT2D eigenvalue weighted by Gasteiger charge is 2.07. The molecule has 0 spiro atoms. The van der Waals surface area contributed by atoms with Gasteiger partial charge in [0.2, 0.25) is 0 Å². The summed E-state index contributed by atoms with van der Waals surface area (Å²) in [7, 11) is 1.95. The van der Waals surface area contributed by atoms with Gasteiger partial charge < -0.3 is 4.90 Å². The van der Waals surface area contributed by atoms with Crippen LogP contribution in [0, 0.1) is 11.3 Å². The van der Waals surface area contributed by atoms with Crippen LogP contribution in [-0.2, 0) is 5.88 Å². The van der Waals surface area contributed by atoms with E-state index >= 15 is 0 Å². The Balaban J connectivity index is 2.30. The van der Waals surface area contributed by atoms with Gasteiger partial charge in [-0.25, -0.2) is 0 Å². The highest BCUT2D eigenvalue weighted by Crippen LogP contribution is 2.28. The molecular weight excluding hydrogens is 279 g/mol. The van der Waals surface area contributed by atoms with Gasteiger partial charge in [-0.3, -0.25) is 0 Å². The van der Waals surface area contributed by atoms with Crippen molar-refractivity contribution in [3.8, 4) is 6.07 Å². The maximum absolute atomic E-state index is 8.78. The second kappa shape index (κ2) is 5.97. The zero-order chi connectivity index (χ0) is 13.8. The van der Waals surface area contributed by atoms with Crippen LogP contribution in [0.25, 0.3) is 0 Å². The van der Waals surface area contributed by atoms with Crippen molar-refractivity contribution in [2.45, 2.75) is 5.88 Å². The zero-order valence-corrected chi connectivity index (χ0v) is 11.9. The molecule has 0 aliphatic heterocycles. The van der Waals surface area contributed by atoms with Crippen molar-refractivity contribution < 1.29 is 0 Å². The fraction of sp³-hybridized carbons (Fsp3) is 0.133. The first-order valence-corrected chi connectivity index (χ1v) is 6.65. The summed E-state index contributed by atoms with van der Waals surface area (Å²) < 4.78 is 0. The van der Waals surface area contributed by atoms with Crippen molar-refractivity contribution in [3.63, 3.8) is 0 Å². The molecule has 0 unspecified atom stereocenters. The van der Waals surface area contributed by atoms with Crippen molar-refractivity contribution in [2.24, 2.45) is 0 Å². The molecule has 0 bridgehead atoms. The highest BCUT2D eigenvalue weighted by molar-refractivity contribution is 6.32. The largest absolute Gasteiger partial charge is 0.345 e. The third-order valence-electron chi connectivity index (χ3n) is 2.95. The second-order valence-corrected chi connectivity index (χ2v) is 4.80. The average molecular weight is 291 g/mol. The Bertz CT molecular complexity index is 615. The third-order valence-corrected chi connectivity index (χ3v) is 3.59. The predicted molar refractivity (Wildman–Crippen MR) is 80.2 cm³/mol. The second-order valence-electron chi connectivity index (χ2n) is 4.13. The molecule has 96 valence electrons. The summed E-state index contributed by atoms with van der Waals surface area (Å²) in [5, 5.41) is 9.44. The van der Waals surface area contributed by atoms with E-state index in [1.54, 1.807) is 12.1 Å². The molecule has 0 amide bonds. The van der Waals surface area contributed by atoms with Gasteiger partial charge in [0, 0.05) is 29.3 Å². The molecule has 0 heterocycles. The van der Waals surface area contributed by atoms with Crippen LogP contribution >= 0.6 is 23.2 Å². The van der Waals surface area contributed by atoms with Crippen LogP contribution < -0.4 is 4.90 Å². The Morgan fingerprint density at radius 2 is 1.74 bits per heavy atom. The van der Waals surface area contributed by atoms with Crippen LogP contribution in [0.2, 0.25) is 5.02 Å². The van der Waals surface area contributed by atoms with Gasteiger partial charge >= 0.3 is 0 Å². The summed E-state index contributed by atoms with van der Waals surface area (Å²) in [5.41, 5.74) is 3.53. The number of benzene rings is 2. The lowest BCUT2D eigenvalue weighted by molar-refractivity contribution is 1.20. The highest BCUT2D eigenvalue weighted by atomic mass is 35.5. The minimum atomic E-state index is 0.402. The van der Waals surface area contributed by atoms with Gasteiger partial charge in [0.25, 0.3) is 0 Å². The van der Waals surface area contributed by atoms with Crippen LogP contribution in [-0.4, -0.2) is 7.05 Å². The summed E-state index contributed by atoms with van der Waals surface area (Å²) in [6.07, 6.45) is 0. The lowest BCUT2D eigenvalue weighted by atomic mass is 10.2. The molecule has 0 saturated carbocycles. The van der Waals surface area contributed by atoms with Crippen LogP contribution in [0.3, 0.4) is 0 Å². The number of halogens is 2. The molecule has 0 aromatic heterocycles. The van der Waals surface area contributed by atoms with E-state index < -0.39 is 0 Å². The van der Waals surface area contributed by atoms with Crippen LogP contribution in [0.5, 0.6) is 0 Å². The van der Waals surface area contributed by atoms with Gasteiger partial charge in [0.05, 0.1) is 11.6 Å². The Morgan fingerprint density at radius 1 is 1.11 bits per heavy atom. The van der Waals surface area contributed by atoms with Crippen molar-refractivity contribution in [1.29, 1.82) is 5.26 Å². The summed E-state index contributed by atoms with van der Waals surface area (Å²) in [5.74, 6) is 0.402. The number of alkyl halides is 1. The molecule has 0 aliphatic carbocycles. The smallest absolute Gasteiger partial charge is 0.0991 e. The first-order chi connectivity index (χ1) is 9.15. The summed E-state index contributed by atoms with van der Waals surface area (Å²) in [6.45, 7) is 0. The average Bonchev–Trinajstić information content (AvgIpc) is 2.46. The van der Waals surface area contributed by atoms with Crippen molar-refractivity contribution in [2.75, 3.05) is 11.9 Å². The van der Waals surface area contributed by atoms with Gasteiger partial charge in [0.1, 0.15) is 0 Å². The SMILES string of the molecule is CN(c1ccc(C#N)cc1)c1ccc(CCl)c(Cl)c1. The minimum Gasteiger partial charge on any atom is -0.345 e. The molecule has 0 saturated heterocycles. The first kappa shape index (κ1) is 13.7. The molecule has 2 aromatic rings. The number of hydrogen-bond acceptors (Lipinski definition) is 2. The molecule has 2 aromatic carbocycles. The molecule has 2 rings (SSSR count). The molecule has 0 aliphatic rings. The monoisotopic (exact) mass is 290 g/mol. The lowest BCUT2D eigenvalue weighted by Crippen LogP contribution is -2.09. The van der Waals surface area contributed by atoms with Crippen LogP contribution in [0.15, 0.2) is 42.5 Å². The first-order valence-electron chi connectivity index (χ1n) is 5.74. The van der Waals surface area contributed by atoms with Crippen LogP contribution in [0.4, 0.5) is 11.4 Å². The Morgan fingerprint density at radius 3 is 2.26 bits per heavy atom. The molecule has 0 N–H and O–H groups in total. The van der Waals surface area contributed by atoms with Crippen LogP contribution in [0.1, 0.15) is 11.1 Å². The normalized spacial score (nSPS) is 10.0. The number of rotatable bonds is 3. The Hall–Kier alpha value is -1.69. The molecule has 0 radical (unpaired) electrons. The van der Waals surface area contributed by atoms with Crippen molar-refractivity contribution in [3.05, 3.63) is 58.6 Å². The molecule has 2 nitrogen and oxygen atoms in total. The fourth-order valence-corrected chi connectivity index (χ4v) is 2.30. The minimum absolute atomic E-state index is 0.402. The zero-order valence-electron chi connectivity index (χ0n) is 10.4. The number of nitriles is 1. The van der Waals surface area contributed by atoms with Gasteiger partial charge in [0.15, 0.2) is 0 Å². The number of hydrogen-bond donors (Lipinski definition) is 0. The van der Waals surface area contributed by atoms with Gasteiger partial charge in [-0.1, -0.05) is 17.7 Å².